The number of nitrogens with one attached hydrogen (secondary N) is 2. The van der Waals surface area contributed by atoms with Crippen molar-refractivity contribution in [2.45, 2.75) is 12.8 Å². The summed E-state index contributed by atoms with van der Waals surface area (Å²) in [7, 11) is 1.62. The van der Waals surface area contributed by atoms with Gasteiger partial charge in [-0.3, -0.25) is 9.59 Å². The SMILES string of the molecule is COCCNCC(=O)N1CCC(C(=O)Nc2ccc(F)cc2)CC1. The third-order valence-electron chi connectivity index (χ3n) is 4.09. The van der Waals surface area contributed by atoms with E-state index in [1.54, 1.807) is 12.0 Å². The Bertz CT molecular complexity index is 543. The first-order chi connectivity index (χ1) is 11.6. The fourth-order valence-corrected chi connectivity index (χ4v) is 2.65. The third kappa shape index (κ3) is 5.58. The zero-order valence-electron chi connectivity index (χ0n) is 13.9. The number of anilines is 1. The van der Waals surface area contributed by atoms with E-state index in [2.05, 4.69) is 10.6 Å². The normalized spacial score (nSPS) is 15.3. The Balaban J connectivity index is 1.72. The molecule has 2 rings (SSSR count). The van der Waals surface area contributed by atoms with Gasteiger partial charge in [0.05, 0.1) is 13.2 Å². The van der Waals surface area contributed by atoms with E-state index >= 15 is 0 Å². The van der Waals surface area contributed by atoms with Gasteiger partial charge in [-0.25, -0.2) is 4.39 Å². The fraction of sp³-hybridized carbons (Fsp3) is 0.529. The van der Waals surface area contributed by atoms with Crippen LogP contribution in [-0.2, 0) is 14.3 Å². The molecule has 0 bridgehead atoms. The Morgan fingerprint density at radius 3 is 2.54 bits per heavy atom. The van der Waals surface area contributed by atoms with Crippen LogP contribution in [0.2, 0.25) is 0 Å². The van der Waals surface area contributed by atoms with Crippen molar-refractivity contribution < 1.29 is 18.7 Å². The number of nitrogens with zero attached hydrogens (tertiary/aromatic N) is 1. The van der Waals surface area contributed by atoms with Gasteiger partial charge in [0, 0.05) is 38.3 Å². The number of benzene rings is 1. The Labute approximate surface area is 141 Å². The van der Waals surface area contributed by atoms with Crippen LogP contribution >= 0.6 is 0 Å². The van der Waals surface area contributed by atoms with Crippen molar-refractivity contribution in [1.82, 2.24) is 10.2 Å². The molecule has 0 atom stereocenters. The maximum atomic E-state index is 12.9. The summed E-state index contributed by atoms with van der Waals surface area (Å²) < 4.78 is 17.8. The lowest BCUT2D eigenvalue weighted by Gasteiger charge is -2.31. The van der Waals surface area contributed by atoms with Crippen molar-refractivity contribution in [2.75, 3.05) is 45.2 Å². The number of methoxy groups -OCH3 is 1. The van der Waals surface area contributed by atoms with E-state index in [9.17, 15) is 14.0 Å². The van der Waals surface area contributed by atoms with Crippen LogP contribution in [0.4, 0.5) is 10.1 Å². The molecule has 132 valence electrons. The third-order valence-corrected chi connectivity index (χ3v) is 4.09. The first-order valence-corrected chi connectivity index (χ1v) is 8.14. The molecule has 1 heterocycles. The Morgan fingerprint density at radius 1 is 1.25 bits per heavy atom. The Kier molecular flexibility index (Phi) is 7.14. The predicted molar refractivity (Wildman–Crippen MR) is 89.1 cm³/mol. The summed E-state index contributed by atoms with van der Waals surface area (Å²) in [6.07, 6.45) is 1.27. The van der Waals surface area contributed by atoms with E-state index in [1.807, 2.05) is 0 Å². The number of carbonyl (C=O) groups excluding carboxylic acids is 2. The van der Waals surface area contributed by atoms with Crippen LogP contribution in [0.25, 0.3) is 0 Å². The predicted octanol–water partition coefficient (Wildman–Crippen LogP) is 1.24. The van der Waals surface area contributed by atoms with E-state index in [0.717, 1.165) is 0 Å². The zero-order chi connectivity index (χ0) is 17.4. The lowest BCUT2D eigenvalue weighted by molar-refractivity contribution is -0.133. The molecule has 0 saturated carbocycles. The second-order valence-corrected chi connectivity index (χ2v) is 5.82. The van der Waals surface area contributed by atoms with Crippen molar-refractivity contribution in [3.63, 3.8) is 0 Å². The molecule has 1 aliphatic heterocycles. The van der Waals surface area contributed by atoms with Gasteiger partial charge in [0.25, 0.3) is 0 Å². The average molecular weight is 337 g/mol. The zero-order valence-corrected chi connectivity index (χ0v) is 13.9. The van der Waals surface area contributed by atoms with Crippen molar-refractivity contribution in [3.8, 4) is 0 Å². The van der Waals surface area contributed by atoms with Gasteiger partial charge in [0.15, 0.2) is 0 Å². The highest BCUT2D eigenvalue weighted by molar-refractivity contribution is 5.92. The largest absolute Gasteiger partial charge is 0.383 e. The number of halogens is 1. The number of carbonyl (C=O) groups is 2. The highest BCUT2D eigenvalue weighted by Crippen LogP contribution is 2.19. The van der Waals surface area contributed by atoms with Gasteiger partial charge in [-0.2, -0.15) is 0 Å². The Hall–Kier alpha value is -1.99. The van der Waals surface area contributed by atoms with Gasteiger partial charge in [0.1, 0.15) is 5.82 Å². The van der Waals surface area contributed by atoms with Gasteiger partial charge >= 0.3 is 0 Å². The molecule has 7 heteroatoms. The molecule has 0 aromatic heterocycles. The minimum Gasteiger partial charge on any atom is -0.383 e. The molecule has 1 aromatic rings. The summed E-state index contributed by atoms with van der Waals surface area (Å²) in [6.45, 7) is 2.64. The van der Waals surface area contributed by atoms with Crippen molar-refractivity contribution in [2.24, 2.45) is 5.92 Å². The van der Waals surface area contributed by atoms with E-state index in [-0.39, 0.29) is 30.1 Å². The average Bonchev–Trinajstić information content (AvgIpc) is 2.60. The molecule has 2 N–H and O–H groups in total. The van der Waals surface area contributed by atoms with Gasteiger partial charge < -0.3 is 20.3 Å². The van der Waals surface area contributed by atoms with Gasteiger partial charge in [0.2, 0.25) is 11.8 Å². The summed E-state index contributed by atoms with van der Waals surface area (Å²) in [5.41, 5.74) is 0.585. The fourth-order valence-electron chi connectivity index (χ4n) is 2.65. The summed E-state index contributed by atoms with van der Waals surface area (Å²) in [5, 5.41) is 5.82. The number of likely N-dealkylation sites (tertiary alicyclic amines) is 1. The van der Waals surface area contributed by atoms with Gasteiger partial charge in [-0.1, -0.05) is 0 Å². The Morgan fingerprint density at radius 2 is 1.92 bits per heavy atom. The minimum absolute atomic E-state index is 0.0449. The summed E-state index contributed by atoms with van der Waals surface area (Å²) in [6, 6.07) is 5.70. The summed E-state index contributed by atoms with van der Waals surface area (Å²) in [4.78, 5) is 26.1. The number of ether oxygens (including phenoxy) is 1. The molecule has 0 unspecified atom stereocenters. The van der Waals surface area contributed by atoms with Gasteiger partial charge in [-0.05, 0) is 37.1 Å². The molecule has 0 radical (unpaired) electrons. The molecule has 2 amide bonds. The molecule has 0 spiro atoms. The molecule has 1 fully saturated rings. The number of amides is 2. The van der Waals surface area contributed by atoms with Crippen LogP contribution < -0.4 is 10.6 Å². The number of hydrogen-bond donors (Lipinski definition) is 2. The van der Waals surface area contributed by atoms with Crippen LogP contribution in [-0.4, -0.2) is 56.6 Å². The molecular weight excluding hydrogens is 313 g/mol. The smallest absolute Gasteiger partial charge is 0.236 e. The summed E-state index contributed by atoms with van der Waals surface area (Å²) >= 11 is 0. The van der Waals surface area contributed by atoms with Crippen LogP contribution in [0, 0.1) is 11.7 Å². The van der Waals surface area contributed by atoms with E-state index in [1.165, 1.54) is 24.3 Å². The van der Waals surface area contributed by atoms with E-state index < -0.39 is 0 Å². The highest BCUT2D eigenvalue weighted by Gasteiger charge is 2.27. The molecule has 24 heavy (non-hydrogen) atoms. The van der Waals surface area contributed by atoms with Crippen molar-refractivity contribution in [1.29, 1.82) is 0 Å². The van der Waals surface area contributed by atoms with Crippen LogP contribution in [0.5, 0.6) is 0 Å². The van der Waals surface area contributed by atoms with Crippen molar-refractivity contribution in [3.05, 3.63) is 30.1 Å². The maximum absolute atomic E-state index is 12.9. The molecule has 1 aliphatic rings. The number of piperidine rings is 1. The van der Waals surface area contributed by atoms with Crippen LogP contribution in [0.1, 0.15) is 12.8 Å². The minimum atomic E-state index is -0.334. The van der Waals surface area contributed by atoms with E-state index in [4.69, 9.17) is 4.74 Å². The molecule has 1 aromatic carbocycles. The number of rotatable bonds is 7. The lowest BCUT2D eigenvalue weighted by atomic mass is 9.95. The second-order valence-electron chi connectivity index (χ2n) is 5.82. The lowest BCUT2D eigenvalue weighted by Crippen LogP contribution is -2.45. The monoisotopic (exact) mass is 337 g/mol. The molecule has 6 nitrogen and oxygen atoms in total. The topological polar surface area (TPSA) is 70.7 Å². The first kappa shape index (κ1) is 18.4. The standard InChI is InChI=1S/C17H24FN3O3/c1-24-11-8-19-12-16(22)21-9-6-13(7-10-21)17(23)20-15-4-2-14(18)3-5-15/h2-5,13,19H,6-12H2,1H3,(H,20,23). The van der Waals surface area contributed by atoms with Crippen LogP contribution in [0.3, 0.4) is 0 Å². The van der Waals surface area contributed by atoms with Gasteiger partial charge in [-0.15, -0.1) is 0 Å². The summed E-state index contributed by atoms with van der Waals surface area (Å²) in [5.74, 6) is -0.491. The molecule has 0 aliphatic carbocycles. The molecular formula is C17H24FN3O3. The van der Waals surface area contributed by atoms with E-state index in [0.29, 0.717) is 44.8 Å². The molecule has 1 saturated heterocycles. The first-order valence-electron chi connectivity index (χ1n) is 8.14. The second kappa shape index (κ2) is 9.34. The van der Waals surface area contributed by atoms with Crippen LogP contribution in [0.15, 0.2) is 24.3 Å². The number of hydrogen-bond acceptors (Lipinski definition) is 4. The quantitative estimate of drug-likeness (QED) is 0.735. The maximum Gasteiger partial charge on any atom is 0.236 e. The highest BCUT2D eigenvalue weighted by atomic mass is 19.1. The van der Waals surface area contributed by atoms with Crippen molar-refractivity contribution >= 4 is 17.5 Å².